The number of hydrogen-bond donors (Lipinski definition) is 0. The number of carbonyl (C=O) groups excluding carboxylic acids is 1. The summed E-state index contributed by atoms with van der Waals surface area (Å²) in [6, 6.07) is 6.96. The molecule has 0 radical (unpaired) electrons. The molecule has 0 spiro atoms. The maximum Gasteiger partial charge on any atom is 0.331 e. The topological polar surface area (TPSA) is 82.8 Å². The molecule has 8 heteroatoms. The fourth-order valence-electron chi connectivity index (χ4n) is 4.08. The first-order valence-electron chi connectivity index (χ1n) is 9.92. The van der Waals surface area contributed by atoms with Crippen molar-refractivity contribution in [2.45, 2.75) is 44.7 Å². The Labute approximate surface area is 168 Å². The van der Waals surface area contributed by atoms with E-state index in [1.54, 1.807) is 4.90 Å². The molecule has 0 bridgehead atoms. The van der Waals surface area contributed by atoms with Gasteiger partial charge in [0.25, 0.3) is 11.5 Å². The summed E-state index contributed by atoms with van der Waals surface area (Å²) < 4.78 is 13.1. The van der Waals surface area contributed by atoms with E-state index in [4.69, 9.17) is 9.47 Å². The second-order valence-electron chi connectivity index (χ2n) is 7.68. The van der Waals surface area contributed by atoms with Crippen molar-refractivity contribution in [2.24, 2.45) is 14.1 Å². The lowest BCUT2D eigenvalue weighted by molar-refractivity contribution is 0.0601. The first kappa shape index (κ1) is 19.3. The second-order valence-corrected chi connectivity index (χ2v) is 7.68. The Morgan fingerprint density at radius 3 is 2.52 bits per heavy atom. The highest BCUT2D eigenvalue weighted by atomic mass is 16.7. The molecule has 0 atom stereocenters. The smallest absolute Gasteiger partial charge is 0.331 e. The minimum absolute atomic E-state index is 0.0702. The molecule has 1 aromatic carbocycles. The van der Waals surface area contributed by atoms with Gasteiger partial charge < -0.3 is 14.4 Å². The van der Waals surface area contributed by atoms with Crippen LogP contribution in [0.1, 0.15) is 48.2 Å². The molecule has 2 heterocycles. The lowest BCUT2D eigenvalue weighted by atomic mass is 9.93. The van der Waals surface area contributed by atoms with Crippen molar-refractivity contribution in [3.05, 3.63) is 56.4 Å². The molecule has 4 rings (SSSR count). The Kier molecular flexibility index (Phi) is 5.17. The molecule has 0 saturated heterocycles. The molecule has 1 aliphatic heterocycles. The van der Waals surface area contributed by atoms with Gasteiger partial charge in [0.15, 0.2) is 11.5 Å². The minimum Gasteiger partial charge on any atom is -0.454 e. The average Bonchev–Trinajstić information content (AvgIpc) is 3.21. The van der Waals surface area contributed by atoms with E-state index in [9.17, 15) is 14.4 Å². The van der Waals surface area contributed by atoms with Crippen molar-refractivity contribution in [2.75, 3.05) is 6.79 Å². The van der Waals surface area contributed by atoms with Gasteiger partial charge in [-0.15, -0.1) is 0 Å². The molecule has 2 aliphatic rings. The fraction of sp³-hybridized carbons (Fsp3) is 0.476. The van der Waals surface area contributed by atoms with E-state index in [-0.39, 0.29) is 24.4 Å². The largest absolute Gasteiger partial charge is 0.454 e. The summed E-state index contributed by atoms with van der Waals surface area (Å²) in [5.41, 5.74) is 0.0436. The summed E-state index contributed by atoms with van der Waals surface area (Å²) in [6.45, 7) is 0.572. The maximum absolute atomic E-state index is 13.5. The zero-order chi connectivity index (χ0) is 20.5. The van der Waals surface area contributed by atoms with Crippen LogP contribution >= 0.6 is 0 Å². The van der Waals surface area contributed by atoms with Gasteiger partial charge >= 0.3 is 5.69 Å². The van der Waals surface area contributed by atoms with Crippen LogP contribution in [0.25, 0.3) is 0 Å². The molecular formula is C21H25N3O5. The van der Waals surface area contributed by atoms with Crippen molar-refractivity contribution in [1.82, 2.24) is 14.0 Å². The number of benzene rings is 1. The number of amides is 1. The van der Waals surface area contributed by atoms with Crippen LogP contribution in [0.15, 0.2) is 33.9 Å². The van der Waals surface area contributed by atoms with E-state index in [2.05, 4.69) is 0 Å². The summed E-state index contributed by atoms with van der Waals surface area (Å²) in [6.07, 6.45) is 5.10. The van der Waals surface area contributed by atoms with Gasteiger partial charge in [-0.1, -0.05) is 25.3 Å². The van der Waals surface area contributed by atoms with Gasteiger partial charge in [0.05, 0.1) is 0 Å². The number of rotatable bonds is 4. The SMILES string of the molecule is Cn1c(C(=O)N(Cc2ccc3c(c2)OCO3)C2CCCCC2)cc(=O)n(C)c1=O. The quantitative estimate of drug-likeness (QED) is 0.783. The van der Waals surface area contributed by atoms with Crippen LogP contribution in [-0.4, -0.2) is 32.8 Å². The highest BCUT2D eigenvalue weighted by Gasteiger charge is 2.29. The second kappa shape index (κ2) is 7.77. The molecule has 2 aromatic rings. The number of hydrogen-bond acceptors (Lipinski definition) is 5. The van der Waals surface area contributed by atoms with Crippen molar-refractivity contribution in [3.63, 3.8) is 0 Å². The number of ether oxygens (including phenoxy) is 2. The molecule has 1 aliphatic carbocycles. The highest BCUT2D eigenvalue weighted by Crippen LogP contribution is 2.33. The van der Waals surface area contributed by atoms with E-state index < -0.39 is 11.2 Å². The van der Waals surface area contributed by atoms with Gasteiger partial charge in [-0.25, -0.2) is 4.79 Å². The van der Waals surface area contributed by atoms with Gasteiger partial charge in [0, 0.05) is 32.7 Å². The number of carbonyl (C=O) groups is 1. The van der Waals surface area contributed by atoms with E-state index in [0.29, 0.717) is 18.0 Å². The molecule has 1 aromatic heterocycles. The molecule has 1 saturated carbocycles. The molecule has 154 valence electrons. The minimum atomic E-state index is -0.507. The van der Waals surface area contributed by atoms with Crippen LogP contribution in [0.3, 0.4) is 0 Å². The third kappa shape index (κ3) is 3.66. The summed E-state index contributed by atoms with van der Waals surface area (Å²) in [4.78, 5) is 39.8. The Balaban J connectivity index is 1.70. The summed E-state index contributed by atoms with van der Waals surface area (Å²) in [7, 11) is 2.93. The Morgan fingerprint density at radius 2 is 1.76 bits per heavy atom. The van der Waals surface area contributed by atoms with E-state index >= 15 is 0 Å². The lowest BCUT2D eigenvalue weighted by Crippen LogP contribution is -2.45. The lowest BCUT2D eigenvalue weighted by Gasteiger charge is -2.35. The van der Waals surface area contributed by atoms with Crippen LogP contribution in [0, 0.1) is 0 Å². The first-order chi connectivity index (χ1) is 14.0. The Hall–Kier alpha value is -3.03. The summed E-state index contributed by atoms with van der Waals surface area (Å²) in [5, 5.41) is 0. The predicted molar refractivity (Wildman–Crippen MR) is 106 cm³/mol. The zero-order valence-electron chi connectivity index (χ0n) is 16.7. The first-order valence-corrected chi connectivity index (χ1v) is 9.92. The molecule has 29 heavy (non-hydrogen) atoms. The fourth-order valence-corrected chi connectivity index (χ4v) is 4.08. The monoisotopic (exact) mass is 399 g/mol. The Bertz CT molecular complexity index is 1050. The molecule has 8 nitrogen and oxygen atoms in total. The predicted octanol–water partition coefficient (Wildman–Crippen LogP) is 1.79. The van der Waals surface area contributed by atoms with Gasteiger partial charge in [-0.2, -0.15) is 0 Å². The summed E-state index contributed by atoms with van der Waals surface area (Å²) >= 11 is 0. The van der Waals surface area contributed by atoms with E-state index in [0.717, 1.165) is 42.2 Å². The summed E-state index contributed by atoms with van der Waals surface area (Å²) in [5.74, 6) is 1.06. The molecule has 1 fully saturated rings. The third-order valence-corrected chi connectivity index (χ3v) is 5.81. The molecule has 0 N–H and O–H groups in total. The van der Waals surface area contributed by atoms with Crippen molar-refractivity contribution in [3.8, 4) is 11.5 Å². The molecular weight excluding hydrogens is 374 g/mol. The van der Waals surface area contributed by atoms with Crippen LogP contribution in [0.5, 0.6) is 11.5 Å². The maximum atomic E-state index is 13.5. The van der Waals surface area contributed by atoms with Crippen LogP contribution in [-0.2, 0) is 20.6 Å². The normalized spacial score (nSPS) is 16.1. The average molecular weight is 399 g/mol. The van der Waals surface area contributed by atoms with Gasteiger partial charge in [0.2, 0.25) is 6.79 Å². The van der Waals surface area contributed by atoms with Gasteiger partial charge in [-0.3, -0.25) is 18.7 Å². The number of nitrogens with zero attached hydrogens (tertiary/aromatic N) is 3. The molecule has 0 unspecified atom stereocenters. The van der Waals surface area contributed by atoms with E-state index in [1.165, 1.54) is 24.7 Å². The zero-order valence-corrected chi connectivity index (χ0v) is 16.7. The van der Waals surface area contributed by atoms with Crippen LogP contribution in [0.4, 0.5) is 0 Å². The Morgan fingerprint density at radius 1 is 1.03 bits per heavy atom. The van der Waals surface area contributed by atoms with Gasteiger partial charge in [-0.05, 0) is 30.5 Å². The standard InChI is InChI=1S/C21H25N3O5/c1-22-16(11-19(25)23(2)21(22)27)20(26)24(15-6-4-3-5-7-15)12-14-8-9-17-18(10-14)29-13-28-17/h8-11,15H,3-7,12-13H2,1-2H3. The third-order valence-electron chi connectivity index (χ3n) is 5.81. The van der Waals surface area contributed by atoms with Crippen molar-refractivity contribution < 1.29 is 14.3 Å². The number of aromatic nitrogens is 2. The van der Waals surface area contributed by atoms with E-state index in [1.807, 2.05) is 18.2 Å². The highest BCUT2D eigenvalue weighted by molar-refractivity contribution is 5.92. The van der Waals surface area contributed by atoms with Crippen LogP contribution in [0.2, 0.25) is 0 Å². The number of fused-ring (bicyclic) bond motifs is 1. The molecule has 1 amide bonds. The van der Waals surface area contributed by atoms with Crippen molar-refractivity contribution in [1.29, 1.82) is 0 Å². The van der Waals surface area contributed by atoms with Crippen molar-refractivity contribution >= 4 is 5.91 Å². The van der Waals surface area contributed by atoms with Crippen LogP contribution < -0.4 is 20.7 Å². The van der Waals surface area contributed by atoms with Gasteiger partial charge in [0.1, 0.15) is 5.69 Å².